The second-order valence-electron chi connectivity index (χ2n) is 6.61. The summed E-state index contributed by atoms with van der Waals surface area (Å²) in [5, 5.41) is 44.7. The first-order valence-electron chi connectivity index (χ1n) is 9.18. The Morgan fingerprint density at radius 3 is 1.88 bits per heavy atom. The minimum atomic E-state index is -1.66. The van der Waals surface area contributed by atoms with Crippen molar-refractivity contribution in [3.8, 4) is 0 Å². The van der Waals surface area contributed by atoms with E-state index in [1.54, 1.807) is 0 Å². The molecular formula is C16H28N6O10. The Balaban J connectivity index is 4.86. The number of aliphatic hydroxyl groups is 3. The van der Waals surface area contributed by atoms with E-state index in [-0.39, 0.29) is 0 Å². The summed E-state index contributed by atoms with van der Waals surface area (Å²) < 4.78 is 0. The Labute approximate surface area is 181 Å². The third kappa shape index (κ3) is 10.1. The van der Waals surface area contributed by atoms with Crippen molar-refractivity contribution < 1.29 is 49.2 Å². The van der Waals surface area contributed by atoms with Crippen LogP contribution in [0.5, 0.6) is 0 Å². The molecule has 16 nitrogen and oxygen atoms in total. The molecule has 0 saturated carbocycles. The van der Waals surface area contributed by atoms with Gasteiger partial charge in [-0.15, -0.1) is 0 Å². The summed E-state index contributed by atoms with van der Waals surface area (Å²) in [7, 11) is 0. The molecule has 0 aromatic carbocycles. The first-order valence-corrected chi connectivity index (χ1v) is 9.18. The lowest BCUT2D eigenvalue weighted by molar-refractivity contribution is -0.143. The van der Waals surface area contributed by atoms with Crippen molar-refractivity contribution in [1.82, 2.24) is 21.3 Å². The van der Waals surface area contributed by atoms with Gasteiger partial charge < -0.3 is 53.2 Å². The molecule has 0 aliphatic heterocycles. The van der Waals surface area contributed by atoms with Gasteiger partial charge in [0.05, 0.1) is 38.3 Å². The smallest absolute Gasteiger partial charge is 0.328 e. The summed E-state index contributed by atoms with van der Waals surface area (Å²) in [6, 6.07) is -6.18. The number of hydrogen-bond donors (Lipinski definition) is 10. The molecule has 16 heteroatoms. The molecule has 0 radical (unpaired) electrons. The van der Waals surface area contributed by atoms with Crippen molar-refractivity contribution in [1.29, 1.82) is 0 Å². The molecule has 0 aliphatic carbocycles. The summed E-state index contributed by atoms with van der Waals surface area (Å²) in [6.07, 6.45) is -1.93. The fourth-order valence-corrected chi connectivity index (χ4v) is 2.15. The Hall–Kier alpha value is -3.34. The maximum Gasteiger partial charge on any atom is 0.328 e. The molecule has 5 atom stereocenters. The summed E-state index contributed by atoms with van der Waals surface area (Å²) in [5.74, 6) is -6.46. The van der Waals surface area contributed by atoms with E-state index in [0.29, 0.717) is 0 Å². The third-order valence-electron chi connectivity index (χ3n) is 3.88. The largest absolute Gasteiger partial charge is 0.480 e. The summed E-state index contributed by atoms with van der Waals surface area (Å²) >= 11 is 0. The van der Waals surface area contributed by atoms with E-state index in [4.69, 9.17) is 21.7 Å². The van der Waals surface area contributed by atoms with Gasteiger partial charge in [-0.3, -0.25) is 24.0 Å². The molecule has 0 bridgehead atoms. The van der Waals surface area contributed by atoms with Crippen LogP contribution in [0.15, 0.2) is 0 Å². The zero-order valence-electron chi connectivity index (χ0n) is 17.1. The van der Waals surface area contributed by atoms with Gasteiger partial charge in [-0.25, -0.2) is 4.79 Å². The van der Waals surface area contributed by atoms with E-state index in [1.165, 1.54) is 0 Å². The van der Waals surface area contributed by atoms with Crippen molar-refractivity contribution in [2.45, 2.75) is 43.6 Å². The van der Waals surface area contributed by atoms with Crippen LogP contribution in [0.1, 0.15) is 13.3 Å². The van der Waals surface area contributed by atoms with Crippen LogP contribution in [-0.2, 0) is 28.8 Å². The lowest BCUT2D eigenvalue weighted by Gasteiger charge is -2.23. The monoisotopic (exact) mass is 464 g/mol. The predicted molar refractivity (Wildman–Crippen MR) is 104 cm³/mol. The molecule has 0 fully saturated rings. The van der Waals surface area contributed by atoms with Gasteiger partial charge in [0.15, 0.2) is 0 Å². The standard InChI is InChI=1S/C16H28N6O10/c1-6(25)12(22-13(28)7(17)2-10(18)26)15(30)19-3-11(27)20-8(4-23)14(29)21-9(5-24)16(31)32/h6-9,12,23-25H,2-5,17H2,1H3,(H2,18,26)(H,19,30)(H,20,27)(H,21,29)(H,22,28)(H,31,32)/t6-,7+,8+,9+,12+/m1/s1. The van der Waals surface area contributed by atoms with Gasteiger partial charge in [-0.1, -0.05) is 0 Å². The Bertz CT molecular complexity index is 715. The second kappa shape index (κ2) is 13.9. The normalized spacial score (nSPS) is 15.3. The first-order chi connectivity index (χ1) is 14.8. The van der Waals surface area contributed by atoms with Gasteiger partial charge in [-0.05, 0) is 6.92 Å². The molecule has 0 rings (SSSR count). The lowest BCUT2D eigenvalue weighted by atomic mass is 10.1. The van der Waals surface area contributed by atoms with E-state index < -0.39 is 92.0 Å². The number of aliphatic carboxylic acids is 1. The average molecular weight is 464 g/mol. The molecular weight excluding hydrogens is 436 g/mol. The second-order valence-corrected chi connectivity index (χ2v) is 6.61. The van der Waals surface area contributed by atoms with Crippen molar-refractivity contribution in [3.63, 3.8) is 0 Å². The number of primary amides is 1. The first kappa shape index (κ1) is 28.7. The van der Waals surface area contributed by atoms with Gasteiger partial charge >= 0.3 is 5.97 Å². The quantitative estimate of drug-likeness (QED) is 0.115. The number of aliphatic hydroxyl groups excluding tert-OH is 3. The highest BCUT2D eigenvalue weighted by atomic mass is 16.4. The highest BCUT2D eigenvalue weighted by Gasteiger charge is 2.29. The molecule has 0 aliphatic rings. The van der Waals surface area contributed by atoms with E-state index in [2.05, 4.69) is 10.6 Å². The number of carbonyl (C=O) groups excluding carboxylic acids is 5. The number of rotatable bonds is 14. The third-order valence-corrected chi connectivity index (χ3v) is 3.88. The van der Waals surface area contributed by atoms with Crippen molar-refractivity contribution in [2.24, 2.45) is 11.5 Å². The molecule has 0 aromatic rings. The van der Waals surface area contributed by atoms with Gasteiger partial charge in [-0.2, -0.15) is 0 Å². The molecule has 12 N–H and O–H groups in total. The predicted octanol–water partition coefficient (Wildman–Crippen LogP) is -6.79. The van der Waals surface area contributed by atoms with Gasteiger partial charge in [0, 0.05) is 0 Å². The van der Waals surface area contributed by atoms with E-state index in [0.717, 1.165) is 6.92 Å². The SMILES string of the molecule is C[C@@H](O)[C@H](NC(=O)[C@@H](N)CC(N)=O)C(=O)NCC(=O)N[C@@H](CO)C(=O)N[C@@H](CO)C(=O)O. The summed E-state index contributed by atoms with van der Waals surface area (Å²) in [4.78, 5) is 69.6. The average Bonchev–Trinajstić information content (AvgIpc) is 2.70. The topological polar surface area (TPSA) is 284 Å². The fourth-order valence-electron chi connectivity index (χ4n) is 2.15. The Morgan fingerprint density at radius 2 is 1.44 bits per heavy atom. The number of nitrogens with two attached hydrogens (primary N) is 2. The molecule has 0 saturated heterocycles. The van der Waals surface area contributed by atoms with E-state index in [1.807, 2.05) is 10.6 Å². The minimum absolute atomic E-state index is 0.508. The van der Waals surface area contributed by atoms with Gasteiger partial charge in [0.2, 0.25) is 29.5 Å². The van der Waals surface area contributed by atoms with Crippen molar-refractivity contribution in [2.75, 3.05) is 19.8 Å². The van der Waals surface area contributed by atoms with Gasteiger partial charge in [0.1, 0.15) is 18.1 Å². The Morgan fingerprint density at radius 1 is 0.875 bits per heavy atom. The van der Waals surface area contributed by atoms with Crippen LogP contribution in [0, 0.1) is 0 Å². The van der Waals surface area contributed by atoms with Crippen LogP contribution in [0.4, 0.5) is 0 Å². The van der Waals surface area contributed by atoms with Crippen molar-refractivity contribution >= 4 is 35.5 Å². The van der Waals surface area contributed by atoms with Crippen molar-refractivity contribution in [3.05, 3.63) is 0 Å². The molecule has 32 heavy (non-hydrogen) atoms. The van der Waals surface area contributed by atoms with Crippen LogP contribution in [0.3, 0.4) is 0 Å². The number of carboxylic acids is 1. The molecule has 0 unspecified atom stereocenters. The number of carbonyl (C=O) groups is 6. The van der Waals surface area contributed by atoms with Crippen LogP contribution in [0.25, 0.3) is 0 Å². The zero-order chi connectivity index (χ0) is 25.0. The highest BCUT2D eigenvalue weighted by molar-refractivity contribution is 5.95. The van der Waals surface area contributed by atoms with Crippen LogP contribution in [0.2, 0.25) is 0 Å². The lowest BCUT2D eigenvalue weighted by Crippen LogP contribution is -2.58. The number of hydrogen-bond acceptors (Lipinski definition) is 10. The number of carboxylic acid groups (broad SMARTS) is 1. The number of nitrogens with one attached hydrogen (secondary N) is 4. The summed E-state index contributed by atoms with van der Waals surface area (Å²) in [5.41, 5.74) is 10.4. The Kier molecular flexibility index (Phi) is 12.4. The van der Waals surface area contributed by atoms with Crippen LogP contribution in [-0.4, -0.2) is 106 Å². The highest BCUT2D eigenvalue weighted by Crippen LogP contribution is 1.97. The molecule has 0 spiro atoms. The maximum absolute atomic E-state index is 12.2. The summed E-state index contributed by atoms with van der Waals surface area (Å²) in [6.45, 7) is -1.44. The minimum Gasteiger partial charge on any atom is -0.480 e. The van der Waals surface area contributed by atoms with E-state index >= 15 is 0 Å². The molecule has 5 amide bonds. The van der Waals surface area contributed by atoms with Crippen LogP contribution < -0.4 is 32.7 Å². The zero-order valence-corrected chi connectivity index (χ0v) is 17.1. The number of amides is 5. The fraction of sp³-hybridized carbons (Fsp3) is 0.625. The molecule has 0 heterocycles. The van der Waals surface area contributed by atoms with Crippen LogP contribution >= 0.6 is 0 Å². The molecule has 0 aromatic heterocycles. The molecule has 182 valence electrons. The van der Waals surface area contributed by atoms with E-state index in [9.17, 15) is 39.0 Å². The maximum atomic E-state index is 12.2. The van der Waals surface area contributed by atoms with Gasteiger partial charge in [0.25, 0.3) is 0 Å².